The summed E-state index contributed by atoms with van der Waals surface area (Å²) in [5.41, 5.74) is 0.460. The van der Waals surface area contributed by atoms with Gasteiger partial charge in [-0.15, -0.1) is 11.6 Å². The number of ether oxygens (including phenoxy) is 2. The van der Waals surface area contributed by atoms with E-state index in [0.29, 0.717) is 30.0 Å². The molecule has 0 spiro atoms. The average Bonchev–Trinajstić information content (AvgIpc) is 2.68. The summed E-state index contributed by atoms with van der Waals surface area (Å²) in [6, 6.07) is 2.94. The Bertz CT molecular complexity index is 836. The van der Waals surface area contributed by atoms with Gasteiger partial charge in [0.05, 0.1) is 32.0 Å². The summed E-state index contributed by atoms with van der Waals surface area (Å²) < 4.78 is 39.4. The first-order valence-corrected chi connectivity index (χ1v) is 10.4. The molecular weight excluding hydrogens is 392 g/mol. The van der Waals surface area contributed by atoms with Crippen LogP contribution in [0.25, 0.3) is 0 Å². The van der Waals surface area contributed by atoms with Crippen molar-refractivity contribution in [2.45, 2.75) is 19.3 Å². The molecule has 1 heterocycles. The lowest BCUT2D eigenvalue weighted by Gasteiger charge is -2.22. The van der Waals surface area contributed by atoms with Gasteiger partial charge in [-0.25, -0.2) is 0 Å². The van der Waals surface area contributed by atoms with Gasteiger partial charge in [0, 0.05) is 24.6 Å². The minimum atomic E-state index is -3.86. The molecule has 0 saturated heterocycles. The molecule has 2 rings (SSSR count). The first-order chi connectivity index (χ1) is 12.9. The molecule has 1 aromatic carbocycles. The molecule has 1 aromatic rings. The molecule has 27 heavy (non-hydrogen) atoms. The lowest BCUT2D eigenvalue weighted by molar-refractivity contribution is 0.0977. The number of hydrogen-bond acceptors (Lipinski definition) is 5. The van der Waals surface area contributed by atoms with Crippen LogP contribution in [0.5, 0.6) is 11.5 Å². The number of methoxy groups -OCH3 is 2. The Balaban J connectivity index is 2.34. The van der Waals surface area contributed by atoms with Crippen molar-refractivity contribution in [3.05, 3.63) is 42.1 Å². The van der Waals surface area contributed by atoms with Crippen LogP contribution in [0, 0.1) is 0 Å². The van der Waals surface area contributed by atoms with Crippen molar-refractivity contribution in [1.29, 1.82) is 0 Å². The maximum Gasteiger partial charge on any atom is 0.323 e. The average molecular weight is 415 g/mol. The van der Waals surface area contributed by atoms with E-state index in [-0.39, 0.29) is 23.8 Å². The molecule has 1 aliphatic rings. The fourth-order valence-corrected chi connectivity index (χ4v) is 3.79. The van der Waals surface area contributed by atoms with E-state index in [1.807, 2.05) is 0 Å². The Hall–Kier alpha value is -2.19. The maximum atomic E-state index is 12.6. The predicted octanol–water partition coefficient (Wildman–Crippen LogP) is 3.34. The van der Waals surface area contributed by atoms with Crippen molar-refractivity contribution < 1.29 is 22.7 Å². The van der Waals surface area contributed by atoms with Crippen LogP contribution in [0.4, 0.5) is 5.69 Å². The van der Waals surface area contributed by atoms with Crippen molar-refractivity contribution in [2.75, 3.05) is 31.4 Å². The molecule has 0 saturated carbocycles. The van der Waals surface area contributed by atoms with E-state index < -0.39 is 10.2 Å². The number of Topliss-reactive ketones (excluding diaryl/α,β-unsaturated/α-hetero) is 1. The Morgan fingerprint density at radius 3 is 2.52 bits per heavy atom. The summed E-state index contributed by atoms with van der Waals surface area (Å²) in [7, 11) is -0.998. The van der Waals surface area contributed by atoms with Crippen molar-refractivity contribution in [2.24, 2.45) is 0 Å². The van der Waals surface area contributed by atoms with Crippen molar-refractivity contribution in [1.82, 2.24) is 4.31 Å². The summed E-state index contributed by atoms with van der Waals surface area (Å²) >= 11 is 5.66. The first kappa shape index (κ1) is 21.1. The zero-order valence-corrected chi connectivity index (χ0v) is 16.8. The van der Waals surface area contributed by atoms with Crippen LogP contribution in [0.15, 0.2) is 36.6 Å². The van der Waals surface area contributed by atoms with Crippen LogP contribution >= 0.6 is 11.6 Å². The van der Waals surface area contributed by atoms with Gasteiger partial charge in [0.2, 0.25) is 0 Å². The number of ketones is 1. The van der Waals surface area contributed by atoms with Gasteiger partial charge in [-0.2, -0.15) is 8.42 Å². The minimum Gasteiger partial charge on any atom is -0.496 e. The number of unbranched alkanes of at least 4 members (excludes halogenated alkanes) is 1. The second kappa shape index (κ2) is 9.66. The Morgan fingerprint density at radius 2 is 1.93 bits per heavy atom. The van der Waals surface area contributed by atoms with Gasteiger partial charge >= 0.3 is 10.2 Å². The number of carbonyl (C=O) groups excluding carboxylic acids is 1. The van der Waals surface area contributed by atoms with Gasteiger partial charge in [0.15, 0.2) is 5.78 Å². The van der Waals surface area contributed by atoms with Crippen molar-refractivity contribution in [3.8, 4) is 11.5 Å². The largest absolute Gasteiger partial charge is 0.496 e. The molecule has 0 radical (unpaired) electrons. The van der Waals surface area contributed by atoms with E-state index in [1.165, 1.54) is 32.6 Å². The predicted molar refractivity (Wildman–Crippen MR) is 106 cm³/mol. The molecule has 0 fully saturated rings. The molecule has 148 valence electrons. The summed E-state index contributed by atoms with van der Waals surface area (Å²) in [6.45, 7) is 0.217. The topological polar surface area (TPSA) is 84.9 Å². The van der Waals surface area contributed by atoms with Crippen LogP contribution in [0.2, 0.25) is 0 Å². The Kier molecular flexibility index (Phi) is 7.55. The van der Waals surface area contributed by atoms with E-state index in [9.17, 15) is 13.2 Å². The lowest BCUT2D eigenvalue weighted by Crippen LogP contribution is -2.32. The number of anilines is 1. The minimum absolute atomic E-state index is 0.152. The molecule has 0 aromatic heterocycles. The van der Waals surface area contributed by atoms with Crippen molar-refractivity contribution in [3.63, 3.8) is 0 Å². The number of halogens is 1. The van der Waals surface area contributed by atoms with Gasteiger partial charge in [-0.1, -0.05) is 12.2 Å². The molecule has 0 atom stereocenters. The normalized spacial score (nSPS) is 13.5. The highest BCUT2D eigenvalue weighted by atomic mass is 35.5. The number of carbonyl (C=O) groups is 1. The maximum absolute atomic E-state index is 12.6. The van der Waals surface area contributed by atoms with Crippen LogP contribution in [0.3, 0.4) is 0 Å². The Morgan fingerprint density at radius 1 is 1.19 bits per heavy atom. The molecular formula is C18H23ClN2O5S. The standard InChI is InChI=1S/C18H23ClN2O5S/c1-25-17-13-18(26-2)15(12-14(17)16(22)8-4-5-9-19)20-27(23,24)21-10-6-3-7-11-21/h3,6-7,10,12-13,20H,4-5,8-9,11H2,1-2H3. The number of alkyl halides is 1. The summed E-state index contributed by atoms with van der Waals surface area (Å²) in [6.07, 6.45) is 8.22. The zero-order chi connectivity index (χ0) is 19.9. The van der Waals surface area contributed by atoms with E-state index >= 15 is 0 Å². The molecule has 1 aliphatic heterocycles. The second-order valence-electron chi connectivity index (χ2n) is 5.77. The molecule has 0 aliphatic carbocycles. The number of nitrogens with zero attached hydrogens (tertiary/aromatic N) is 1. The summed E-state index contributed by atoms with van der Waals surface area (Å²) in [4.78, 5) is 12.5. The van der Waals surface area contributed by atoms with E-state index in [1.54, 1.807) is 18.2 Å². The molecule has 0 unspecified atom stereocenters. The highest BCUT2D eigenvalue weighted by molar-refractivity contribution is 7.90. The third-order valence-corrected chi connectivity index (χ3v) is 5.58. The molecule has 0 bridgehead atoms. The fraction of sp³-hybridized carbons (Fsp3) is 0.389. The van der Waals surface area contributed by atoms with E-state index in [0.717, 1.165) is 10.7 Å². The van der Waals surface area contributed by atoms with Crippen LogP contribution < -0.4 is 14.2 Å². The van der Waals surface area contributed by atoms with Gasteiger partial charge < -0.3 is 9.47 Å². The SMILES string of the molecule is COc1cc(OC)c(C(=O)CCCCCl)cc1NS(=O)(=O)N1C=CC=CC1. The number of nitrogens with one attached hydrogen (secondary N) is 1. The highest BCUT2D eigenvalue weighted by Crippen LogP contribution is 2.35. The zero-order valence-electron chi connectivity index (χ0n) is 15.3. The molecule has 1 N–H and O–H groups in total. The van der Waals surface area contributed by atoms with Crippen LogP contribution in [-0.4, -0.2) is 45.2 Å². The monoisotopic (exact) mass is 414 g/mol. The number of rotatable bonds is 10. The first-order valence-electron chi connectivity index (χ1n) is 8.41. The summed E-state index contributed by atoms with van der Waals surface area (Å²) in [5.74, 6) is 0.909. The van der Waals surface area contributed by atoms with Gasteiger partial charge in [-0.05, 0) is 25.0 Å². The smallest absolute Gasteiger partial charge is 0.323 e. The number of allylic oxidation sites excluding steroid dienone is 2. The van der Waals surface area contributed by atoms with Gasteiger partial charge in [0.1, 0.15) is 11.5 Å². The number of benzene rings is 1. The fourth-order valence-electron chi connectivity index (χ4n) is 2.54. The van der Waals surface area contributed by atoms with E-state index in [2.05, 4.69) is 4.72 Å². The molecule has 7 nitrogen and oxygen atoms in total. The summed E-state index contributed by atoms with van der Waals surface area (Å²) in [5, 5.41) is 0. The van der Waals surface area contributed by atoms with Crippen LogP contribution in [-0.2, 0) is 10.2 Å². The lowest BCUT2D eigenvalue weighted by atomic mass is 10.0. The number of hydrogen-bond donors (Lipinski definition) is 1. The molecule has 0 amide bonds. The Labute approximate surface area is 164 Å². The third kappa shape index (κ3) is 5.40. The van der Waals surface area contributed by atoms with Gasteiger partial charge in [-0.3, -0.25) is 13.8 Å². The quantitative estimate of drug-likeness (QED) is 0.360. The van der Waals surface area contributed by atoms with E-state index in [4.69, 9.17) is 21.1 Å². The third-order valence-electron chi connectivity index (χ3n) is 3.94. The van der Waals surface area contributed by atoms with Gasteiger partial charge in [0.25, 0.3) is 0 Å². The van der Waals surface area contributed by atoms with Crippen molar-refractivity contribution >= 4 is 33.3 Å². The van der Waals surface area contributed by atoms with Crippen LogP contribution in [0.1, 0.15) is 29.6 Å². The molecule has 9 heteroatoms. The second-order valence-corrected chi connectivity index (χ2v) is 7.77. The highest BCUT2D eigenvalue weighted by Gasteiger charge is 2.23.